The lowest BCUT2D eigenvalue weighted by atomic mass is 10.1. The lowest BCUT2D eigenvalue weighted by Crippen LogP contribution is -2.31. The quantitative estimate of drug-likeness (QED) is 0.839. The zero-order valence-electron chi connectivity index (χ0n) is 11.0. The van der Waals surface area contributed by atoms with Crippen LogP contribution in [0.15, 0.2) is 47.1 Å². The summed E-state index contributed by atoms with van der Waals surface area (Å²) >= 11 is 0. The maximum absolute atomic E-state index is 12.3. The zero-order valence-corrected chi connectivity index (χ0v) is 11.0. The van der Waals surface area contributed by atoms with Crippen molar-refractivity contribution in [1.29, 1.82) is 0 Å². The van der Waals surface area contributed by atoms with Gasteiger partial charge >= 0.3 is 0 Å². The van der Waals surface area contributed by atoms with Crippen LogP contribution in [0.1, 0.15) is 29.5 Å². The number of anilines is 1. The van der Waals surface area contributed by atoms with Gasteiger partial charge in [-0.25, -0.2) is 0 Å². The highest BCUT2D eigenvalue weighted by Crippen LogP contribution is 2.16. The highest BCUT2D eigenvalue weighted by Gasteiger charge is 2.18. The molecule has 0 atom stereocenters. The predicted octanol–water partition coefficient (Wildman–Crippen LogP) is 2.91. The van der Waals surface area contributed by atoms with Gasteiger partial charge in [-0.05, 0) is 30.2 Å². The van der Waals surface area contributed by atoms with E-state index in [2.05, 4.69) is 0 Å². The highest BCUT2D eigenvalue weighted by atomic mass is 16.3. The third kappa shape index (κ3) is 3.16. The smallest absolute Gasteiger partial charge is 0.289 e. The van der Waals surface area contributed by atoms with Gasteiger partial charge in [0.1, 0.15) is 0 Å². The summed E-state index contributed by atoms with van der Waals surface area (Å²) in [4.78, 5) is 14.1. The molecule has 2 N–H and O–H groups in total. The van der Waals surface area contributed by atoms with Crippen LogP contribution in [0.2, 0.25) is 0 Å². The van der Waals surface area contributed by atoms with Gasteiger partial charge in [-0.2, -0.15) is 0 Å². The molecule has 0 saturated carbocycles. The molecular formula is C15H18N2O2. The molecule has 0 spiro atoms. The molecule has 0 aliphatic rings. The second-order valence-electron chi connectivity index (χ2n) is 4.40. The maximum atomic E-state index is 12.3. The Balaban J connectivity index is 2.17. The Hall–Kier alpha value is -2.23. The summed E-state index contributed by atoms with van der Waals surface area (Å²) in [5.74, 6) is 0.262. The minimum Gasteiger partial charge on any atom is -0.459 e. The van der Waals surface area contributed by atoms with Gasteiger partial charge in [-0.1, -0.05) is 25.1 Å². The van der Waals surface area contributed by atoms with Crippen LogP contribution in [0.4, 0.5) is 5.69 Å². The van der Waals surface area contributed by atoms with E-state index >= 15 is 0 Å². The van der Waals surface area contributed by atoms with Crippen molar-refractivity contribution in [3.8, 4) is 0 Å². The molecule has 0 unspecified atom stereocenters. The normalized spacial score (nSPS) is 10.4. The SMILES string of the molecule is CCCN(Cc1ccccc1N)C(=O)c1ccco1. The van der Waals surface area contributed by atoms with Crippen LogP contribution in [0, 0.1) is 0 Å². The van der Waals surface area contributed by atoms with Crippen LogP contribution in [0.3, 0.4) is 0 Å². The molecule has 0 fully saturated rings. The van der Waals surface area contributed by atoms with E-state index in [4.69, 9.17) is 10.2 Å². The second kappa shape index (κ2) is 6.09. The minimum absolute atomic E-state index is 0.102. The van der Waals surface area contributed by atoms with Crippen LogP contribution in [0.25, 0.3) is 0 Å². The number of carbonyl (C=O) groups is 1. The molecule has 0 radical (unpaired) electrons. The molecule has 1 amide bonds. The molecule has 0 aliphatic carbocycles. The van der Waals surface area contributed by atoms with Crippen LogP contribution in [-0.2, 0) is 6.54 Å². The van der Waals surface area contributed by atoms with Gasteiger partial charge in [0.05, 0.1) is 6.26 Å². The third-order valence-corrected chi connectivity index (χ3v) is 2.93. The molecule has 1 aromatic carbocycles. The van der Waals surface area contributed by atoms with Gasteiger partial charge in [-0.15, -0.1) is 0 Å². The molecular weight excluding hydrogens is 240 g/mol. The Morgan fingerprint density at radius 2 is 2.05 bits per heavy atom. The molecule has 0 saturated heterocycles. The first-order valence-electron chi connectivity index (χ1n) is 6.38. The van der Waals surface area contributed by atoms with E-state index in [-0.39, 0.29) is 5.91 Å². The van der Waals surface area contributed by atoms with Crippen molar-refractivity contribution in [2.75, 3.05) is 12.3 Å². The van der Waals surface area contributed by atoms with Crippen LogP contribution < -0.4 is 5.73 Å². The third-order valence-electron chi connectivity index (χ3n) is 2.93. The number of benzene rings is 1. The zero-order chi connectivity index (χ0) is 13.7. The number of carbonyl (C=O) groups excluding carboxylic acids is 1. The number of para-hydroxylation sites is 1. The van der Waals surface area contributed by atoms with Gasteiger partial charge < -0.3 is 15.1 Å². The molecule has 4 nitrogen and oxygen atoms in total. The summed E-state index contributed by atoms with van der Waals surface area (Å²) in [6.07, 6.45) is 2.40. The average molecular weight is 258 g/mol. The van der Waals surface area contributed by atoms with Gasteiger partial charge in [-0.3, -0.25) is 4.79 Å². The first kappa shape index (κ1) is 13.2. The Morgan fingerprint density at radius 3 is 2.68 bits per heavy atom. The summed E-state index contributed by atoms with van der Waals surface area (Å²) in [5.41, 5.74) is 7.58. The van der Waals surface area contributed by atoms with E-state index in [9.17, 15) is 4.79 Å². The topological polar surface area (TPSA) is 59.5 Å². The maximum Gasteiger partial charge on any atom is 0.289 e. The van der Waals surface area contributed by atoms with Crippen molar-refractivity contribution in [1.82, 2.24) is 4.90 Å². The van der Waals surface area contributed by atoms with E-state index in [1.165, 1.54) is 6.26 Å². The Morgan fingerprint density at radius 1 is 1.26 bits per heavy atom. The Labute approximate surface area is 112 Å². The summed E-state index contributed by atoms with van der Waals surface area (Å²) in [6.45, 7) is 3.21. The first-order valence-corrected chi connectivity index (χ1v) is 6.38. The number of furan rings is 1. The molecule has 2 aromatic rings. The van der Waals surface area contributed by atoms with Crippen molar-refractivity contribution < 1.29 is 9.21 Å². The van der Waals surface area contributed by atoms with Gasteiger partial charge in [0.25, 0.3) is 5.91 Å². The fraction of sp³-hybridized carbons (Fsp3) is 0.267. The van der Waals surface area contributed by atoms with Crippen LogP contribution in [0.5, 0.6) is 0 Å². The number of rotatable bonds is 5. The summed E-state index contributed by atoms with van der Waals surface area (Å²) < 4.78 is 5.17. The van der Waals surface area contributed by atoms with E-state index < -0.39 is 0 Å². The largest absolute Gasteiger partial charge is 0.459 e. The van der Waals surface area contributed by atoms with E-state index in [0.717, 1.165) is 12.0 Å². The van der Waals surface area contributed by atoms with Gasteiger partial charge in [0.2, 0.25) is 0 Å². The average Bonchev–Trinajstić information content (AvgIpc) is 2.94. The van der Waals surface area contributed by atoms with E-state index in [0.29, 0.717) is 24.5 Å². The number of nitrogens with two attached hydrogens (primary N) is 1. The van der Waals surface area contributed by atoms with Crippen molar-refractivity contribution >= 4 is 11.6 Å². The Bertz CT molecular complexity index is 535. The van der Waals surface area contributed by atoms with E-state index in [1.807, 2.05) is 31.2 Å². The van der Waals surface area contributed by atoms with Gasteiger partial charge in [0.15, 0.2) is 5.76 Å². The van der Waals surface area contributed by atoms with Crippen molar-refractivity contribution in [3.05, 3.63) is 54.0 Å². The fourth-order valence-electron chi connectivity index (χ4n) is 1.96. The standard InChI is InChI=1S/C15H18N2O2/c1-2-9-17(15(18)14-8-5-10-19-14)11-12-6-3-4-7-13(12)16/h3-8,10H,2,9,11,16H2,1H3. The van der Waals surface area contributed by atoms with Crippen molar-refractivity contribution in [3.63, 3.8) is 0 Å². The number of amides is 1. The fourth-order valence-corrected chi connectivity index (χ4v) is 1.96. The molecule has 4 heteroatoms. The first-order chi connectivity index (χ1) is 9.22. The van der Waals surface area contributed by atoms with Crippen molar-refractivity contribution in [2.24, 2.45) is 0 Å². The summed E-state index contributed by atoms with van der Waals surface area (Å²) in [7, 11) is 0. The molecule has 1 aromatic heterocycles. The number of hydrogen-bond donors (Lipinski definition) is 1. The molecule has 0 bridgehead atoms. The van der Waals surface area contributed by atoms with Crippen molar-refractivity contribution in [2.45, 2.75) is 19.9 Å². The second-order valence-corrected chi connectivity index (χ2v) is 4.40. The molecule has 19 heavy (non-hydrogen) atoms. The minimum atomic E-state index is -0.102. The lowest BCUT2D eigenvalue weighted by Gasteiger charge is -2.21. The lowest BCUT2D eigenvalue weighted by molar-refractivity contribution is 0.0711. The summed E-state index contributed by atoms with van der Waals surface area (Å²) in [5, 5.41) is 0. The Kier molecular flexibility index (Phi) is 4.23. The van der Waals surface area contributed by atoms with Crippen LogP contribution in [-0.4, -0.2) is 17.4 Å². The van der Waals surface area contributed by atoms with Crippen LogP contribution >= 0.6 is 0 Å². The molecule has 100 valence electrons. The number of nitrogen functional groups attached to an aromatic ring is 1. The van der Waals surface area contributed by atoms with Gasteiger partial charge in [0, 0.05) is 18.8 Å². The van der Waals surface area contributed by atoms with E-state index in [1.54, 1.807) is 17.0 Å². The number of hydrogen-bond acceptors (Lipinski definition) is 3. The summed E-state index contributed by atoms with van der Waals surface area (Å²) in [6, 6.07) is 11.0. The molecule has 1 heterocycles. The molecule has 2 rings (SSSR count). The number of nitrogens with zero attached hydrogens (tertiary/aromatic N) is 1. The molecule has 0 aliphatic heterocycles. The monoisotopic (exact) mass is 258 g/mol. The highest BCUT2D eigenvalue weighted by molar-refractivity contribution is 5.91. The predicted molar refractivity (Wildman–Crippen MR) is 74.6 cm³/mol.